The normalized spacial score (nSPS) is 16.1. The Labute approximate surface area is 222 Å². The topological polar surface area (TPSA) is 66.8 Å². The Morgan fingerprint density at radius 2 is 1.86 bits per heavy atom. The minimum Gasteiger partial charge on any atom is -0.492 e. The number of benzene rings is 2. The lowest BCUT2D eigenvalue weighted by Gasteiger charge is -2.37. The van der Waals surface area contributed by atoms with Gasteiger partial charge < -0.3 is 9.52 Å². The number of thiazole rings is 1. The highest BCUT2D eigenvalue weighted by Gasteiger charge is 2.33. The van der Waals surface area contributed by atoms with Crippen LogP contribution in [0.2, 0.25) is 10.0 Å². The summed E-state index contributed by atoms with van der Waals surface area (Å²) >= 11 is 14.3. The van der Waals surface area contributed by atoms with Crippen molar-refractivity contribution < 1.29 is 9.52 Å². The summed E-state index contributed by atoms with van der Waals surface area (Å²) in [6.45, 7) is 1.79. The van der Waals surface area contributed by atoms with Crippen molar-refractivity contribution in [3.8, 4) is 17.5 Å². The molecular weight excluding hydrogens is 515 g/mol. The first-order valence-corrected chi connectivity index (χ1v) is 13.5. The van der Waals surface area contributed by atoms with Crippen LogP contribution in [0.3, 0.4) is 0 Å². The van der Waals surface area contributed by atoms with Gasteiger partial charge in [0.25, 0.3) is 0 Å². The van der Waals surface area contributed by atoms with E-state index >= 15 is 0 Å². The molecule has 4 heterocycles. The number of aromatic nitrogens is 3. The lowest BCUT2D eigenvalue weighted by Crippen LogP contribution is -2.37. The molecule has 184 valence electrons. The second kappa shape index (κ2) is 9.90. The lowest BCUT2D eigenvalue weighted by molar-refractivity contribution is 0.151. The summed E-state index contributed by atoms with van der Waals surface area (Å²) in [5.74, 6) is 1.69. The molecule has 0 spiro atoms. The molecule has 5 aromatic rings. The van der Waals surface area contributed by atoms with E-state index in [-0.39, 0.29) is 11.9 Å². The summed E-state index contributed by atoms with van der Waals surface area (Å²) in [5, 5.41) is 17.0. The fraction of sp³-hybridized carbons (Fsp3) is 0.259. The van der Waals surface area contributed by atoms with Crippen molar-refractivity contribution in [1.29, 1.82) is 0 Å². The lowest BCUT2D eigenvalue weighted by atomic mass is 9.89. The molecule has 0 saturated carbocycles. The highest BCUT2D eigenvalue weighted by molar-refractivity contribution is 7.17. The molecular formula is C27H24Cl2N4O2S. The number of likely N-dealkylation sites (tertiary alicyclic amines) is 1. The summed E-state index contributed by atoms with van der Waals surface area (Å²) in [6.07, 6.45) is 4.80. The third-order valence-electron chi connectivity index (χ3n) is 6.83. The highest BCUT2D eigenvalue weighted by Crippen LogP contribution is 2.44. The second-order valence-corrected chi connectivity index (χ2v) is 11.0. The van der Waals surface area contributed by atoms with Crippen LogP contribution in [-0.2, 0) is 6.42 Å². The Kier molecular flexibility index (Phi) is 6.48. The Morgan fingerprint density at radius 3 is 2.56 bits per heavy atom. The number of halogens is 2. The number of piperidine rings is 1. The van der Waals surface area contributed by atoms with Crippen molar-refractivity contribution in [3.63, 3.8) is 0 Å². The third kappa shape index (κ3) is 4.52. The van der Waals surface area contributed by atoms with Crippen molar-refractivity contribution in [3.05, 3.63) is 93.0 Å². The predicted octanol–water partition coefficient (Wildman–Crippen LogP) is 7.11. The fourth-order valence-electron chi connectivity index (χ4n) is 5.03. The van der Waals surface area contributed by atoms with Gasteiger partial charge >= 0.3 is 0 Å². The van der Waals surface area contributed by atoms with Crippen LogP contribution in [0.15, 0.2) is 71.3 Å². The van der Waals surface area contributed by atoms with E-state index in [2.05, 4.69) is 45.3 Å². The molecule has 1 saturated heterocycles. The van der Waals surface area contributed by atoms with Gasteiger partial charge in [-0.1, -0.05) is 70.9 Å². The molecule has 6 rings (SSSR count). The zero-order valence-electron chi connectivity index (χ0n) is 19.3. The van der Waals surface area contributed by atoms with Crippen molar-refractivity contribution >= 4 is 39.5 Å². The minimum absolute atomic E-state index is 0.0720. The first-order chi connectivity index (χ1) is 17.6. The average molecular weight is 539 g/mol. The Bertz CT molecular complexity index is 1470. The second-order valence-electron chi connectivity index (χ2n) is 9.13. The highest BCUT2D eigenvalue weighted by atomic mass is 35.5. The van der Waals surface area contributed by atoms with Crippen molar-refractivity contribution in [2.24, 2.45) is 5.92 Å². The first kappa shape index (κ1) is 23.6. The van der Waals surface area contributed by atoms with Gasteiger partial charge in [0, 0.05) is 10.0 Å². The zero-order valence-corrected chi connectivity index (χ0v) is 21.7. The molecule has 1 aliphatic heterocycles. The van der Waals surface area contributed by atoms with E-state index in [0.717, 1.165) is 42.8 Å². The van der Waals surface area contributed by atoms with Crippen LogP contribution in [0.1, 0.15) is 34.9 Å². The average Bonchev–Trinajstić information content (AvgIpc) is 3.61. The number of rotatable bonds is 6. The molecule has 1 aliphatic rings. The number of furan rings is 1. The Hall–Kier alpha value is -2.84. The van der Waals surface area contributed by atoms with Crippen LogP contribution < -0.4 is 0 Å². The van der Waals surface area contributed by atoms with Gasteiger partial charge in [0.05, 0.1) is 17.2 Å². The number of aromatic hydroxyl groups is 1. The minimum atomic E-state index is -0.229. The molecule has 1 fully saturated rings. The number of hydrogen-bond donors (Lipinski definition) is 1. The number of hydrogen-bond acceptors (Lipinski definition) is 6. The summed E-state index contributed by atoms with van der Waals surface area (Å²) in [7, 11) is 0. The van der Waals surface area contributed by atoms with Gasteiger partial charge in [-0.05, 0) is 73.7 Å². The Morgan fingerprint density at radius 1 is 1.06 bits per heavy atom. The van der Waals surface area contributed by atoms with Crippen LogP contribution in [0.5, 0.6) is 5.88 Å². The van der Waals surface area contributed by atoms with Gasteiger partial charge in [-0.15, -0.1) is 5.10 Å². The van der Waals surface area contributed by atoms with Crippen molar-refractivity contribution in [2.75, 3.05) is 13.1 Å². The Balaban J connectivity index is 1.32. The van der Waals surface area contributed by atoms with Crippen LogP contribution in [-0.4, -0.2) is 37.7 Å². The van der Waals surface area contributed by atoms with Crippen molar-refractivity contribution in [1.82, 2.24) is 19.5 Å². The van der Waals surface area contributed by atoms with Gasteiger partial charge in [-0.3, -0.25) is 4.90 Å². The molecule has 3 aromatic heterocycles. The molecule has 0 amide bonds. The predicted molar refractivity (Wildman–Crippen MR) is 143 cm³/mol. The van der Waals surface area contributed by atoms with E-state index < -0.39 is 0 Å². The largest absolute Gasteiger partial charge is 0.492 e. The zero-order chi connectivity index (χ0) is 24.6. The molecule has 1 N–H and O–H groups in total. The van der Waals surface area contributed by atoms with Crippen LogP contribution in [0.4, 0.5) is 0 Å². The van der Waals surface area contributed by atoms with E-state index in [1.807, 2.05) is 12.1 Å². The summed E-state index contributed by atoms with van der Waals surface area (Å²) in [6, 6.07) is 19.6. The molecule has 0 radical (unpaired) electrons. The van der Waals surface area contributed by atoms with Gasteiger partial charge in [-0.2, -0.15) is 9.50 Å². The molecule has 1 atom stereocenters. The molecule has 9 heteroatoms. The molecule has 2 aromatic carbocycles. The van der Waals surface area contributed by atoms with Gasteiger partial charge in [-0.25, -0.2) is 0 Å². The third-order valence-corrected chi connectivity index (χ3v) is 8.46. The van der Waals surface area contributed by atoms with Gasteiger partial charge in [0.15, 0.2) is 5.76 Å². The fourth-order valence-corrected chi connectivity index (χ4v) is 6.65. The standard InChI is InChI=1S/C27H24Cl2N4O2S/c28-19-8-9-20(21(29)16-19)23(32-12-10-18(11-13-32)15-17-5-2-1-3-6-17)24-26(34)33-27(36-24)30-25(31-33)22-7-4-14-35-22/h1-9,14,16,18,23,34H,10-13,15H2/t23-/m1/s1. The first-order valence-electron chi connectivity index (χ1n) is 11.9. The summed E-state index contributed by atoms with van der Waals surface area (Å²) in [5.41, 5.74) is 2.29. The van der Waals surface area contributed by atoms with Crippen molar-refractivity contribution in [2.45, 2.75) is 25.3 Å². The van der Waals surface area contributed by atoms with Crippen LogP contribution >= 0.6 is 34.5 Å². The molecule has 0 unspecified atom stereocenters. The van der Waals surface area contributed by atoms with E-state index in [1.54, 1.807) is 24.5 Å². The molecule has 36 heavy (non-hydrogen) atoms. The van der Waals surface area contributed by atoms with E-state index in [0.29, 0.717) is 32.5 Å². The summed E-state index contributed by atoms with van der Waals surface area (Å²) in [4.78, 5) is 8.36. The molecule has 0 bridgehead atoms. The SMILES string of the molecule is Oc1c([C@@H](c2ccc(Cl)cc2Cl)N2CCC(Cc3ccccc3)CC2)sc2nc(-c3ccco3)nn12. The number of nitrogens with zero attached hydrogens (tertiary/aromatic N) is 4. The number of fused-ring (bicyclic) bond motifs is 1. The van der Waals surface area contributed by atoms with E-state index in [4.69, 9.17) is 27.6 Å². The van der Waals surface area contributed by atoms with Crippen LogP contribution in [0, 0.1) is 5.92 Å². The van der Waals surface area contributed by atoms with E-state index in [1.165, 1.54) is 21.4 Å². The monoisotopic (exact) mass is 538 g/mol. The summed E-state index contributed by atoms with van der Waals surface area (Å²) < 4.78 is 6.91. The quantitative estimate of drug-likeness (QED) is 0.249. The maximum absolute atomic E-state index is 11.3. The van der Waals surface area contributed by atoms with E-state index in [9.17, 15) is 5.11 Å². The van der Waals surface area contributed by atoms with Crippen LogP contribution in [0.25, 0.3) is 16.5 Å². The maximum Gasteiger partial charge on any atom is 0.230 e. The van der Waals surface area contributed by atoms with Gasteiger partial charge in [0.2, 0.25) is 16.7 Å². The maximum atomic E-state index is 11.3. The molecule has 6 nitrogen and oxygen atoms in total. The van der Waals surface area contributed by atoms with Gasteiger partial charge in [0.1, 0.15) is 0 Å². The molecule has 0 aliphatic carbocycles. The smallest absolute Gasteiger partial charge is 0.230 e.